The summed E-state index contributed by atoms with van der Waals surface area (Å²) in [6, 6.07) is 5.16. The smallest absolute Gasteiger partial charge is 0.405 e. The van der Waals surface area contributed by atoms with Crippen LogP contribution in [0, 0.1) is 12.7 Å². The Hall–Kier alpha value is -2.41. The zero-order valence-electron chi connectivity index (χ0n) is 15.5. The molecule has 7 heteroatoms. The molecule has 0 bridgehead atoms. The average Bonchev–Trinajstić information content (AvgIpc) is 2.56. The van der Waals surface area contributed by atoms with Crippen LogP contribution in [0.1, 0.15) is 37.9 Å². The van der Waals surface area contributed by atoms with Gasteiger partial charge in [0.15, 0.2) is 0 Å². The maximum atomic E-state index is 14.0. The van der Waals surface area contributed by atoms with Gasteiger partial charge in [-0.2, -0.15) is 0 Å². The van der Waals surface area contributed by atoms with E-state index in [1.54, 1.807) is 19.9 Å². The van der Waals surface area contributed by atoms with Gasteiger partial charge in [0, 0.05) is 41.7 Å². The molecule has 1 aromatic carbocycles. The van der Waals surface area contributed by atoms with E-state index in [9.17, 15) is 9.18 Å². The summed E-state index contributed by atoms with van der Waals surface area (Å²) < 4.78 is 14.0. The first-order valence-corrected chi connectivity index (χ1v) is 8.86. The highest BCUT2D eigenvalue weighted by molar-refractivity contribution is 5.85. The zero-order chi connectivity index (χ0) is 19.0. The molecule has 3 rings (SSSR count). The number of anilines is 1. The topological polar surface area (TPSA) is 77.5 Å². The van der Waals surface area contributed by atoms with Gasteiger partial charge in [-0.15, -0.1) is 0 Å². The number of benzene rings is 1. The lowest BCUT2D eigenvalue weighted by Gasteiger charge is -2.38. The van der Waals surface area contributed by atoms with Crippen molar-refractivity contribution in [3.63, 3.8) is 0 Å². The fourth-order valence-electron chi connectivity index (χ4n) is 3.70. The minimum atomic E-state index is -1.08. The van der Waals surface area contributed by atoms with Crippen LogP contribution in [0.4, 0.5) is 15.0 Å². The Kier molecular flexibility index (Phi) is 5.00. The lowest BCUT2D eigenvalue weighted by molar-refractivity contribution is 0.191. The number of nitrogens with one attached hydrogen (secondary N) is 2. The Morgan fingerprint density at radius 1 is 1.38 bits per heavy atom. The predicted molar refractivity (Wildman–Crippen MR) is 100 cm³/mol. The first kappa shape index (κ1) is 18.4. The van der Waals surface area contributed by atoms with Gasteiger partial charge in [-0.05, 0) is 45.9 Å². The molecule has 1 aliphatic rings. The summed E-state index contributed by atoms with van der Waals surface area (Å²) in [5, 5.41) is 15.9. The molecule has 1 aromatic heterocycles. The molecule has 2 heterocycles. The first-order valence-electron chi connectivity index (χ1n) is 8.86. The van der Waals surface area contributed by atoms with Gasteiger partial charge in [0.2, 0.25) is 0 Å². The quantitative estimate of drug-likeness (QED) is 0.784. The number of carboxylic acid groups (broad SMARTS) is 1. The lowest BCUT2D eigenvalue weighted by Crippen LogP contribution is -2.54. The summed E-state index contributed by atoms with van der Waals surface area (Å²) in [5.41, 5.74) is 1.92. The second-order valence-corrected chi connectivity index (χ2v) is 7.19. The van der Waals surface area contributed by atoms with Crippen LogP contribution in [0.2, 0.25) is 0 Å². The van der Waals surface area contributed by atoms with Crippen LogP contribution in [0.5, 0.6) is 0 Å². The minimum absolute atomic E-state index is 0.278. The van der Waals surface area contributed by atoms with Crippen LogP contribution >= 0.6 is 0 Å². The Bertz CT molecular complexity index is 832. The number of amides is 1. The van der Waals surface area contributed by atoms with E-state index in [4.69, 9.17) is 10.1 Å². The highest BCUT2D eigenvalue weighted by Crippen LogP contribution is 2.31. The zero-order valence-corrected chi connectivity index (χ0v) is 15.5. The number of fused-ring (bicyclic) bond motifs is 1. The van der Waals surface area contributed by atoms with Crippen molar-refractivity contribution >= 4 is 22.8 Å². The van der Waals surface area contributed by atoms with Crippen molar-refractivity contribution in [1.82, 2.24) is 15.6 Å². The van der Waals surface area contributed by atoms with Gasteiger partial charge < -0.3 is 20.6 Å². The van der Waals surface area contributed by atoms with E-state index < -0.39 is 12.1 Å². The van der Waals surface area contributed by atoms with E-state index in [0.717, 1.165) is 24.0 Å². The maximum absolute atomic E-state index is 14.0. The Morgan fingerprint density at radius 2 is 2.04 bits per heavy atom. The van der Waals surface area contributed by atoms with Gasteiger partial charge in [-0.25, -0.2) is 14.2 Å². The SMILES string of the molecule is Cc1c(F)ccc2cc([C@H](C)NC(=O)O)c(N3C[C@@H](C)N[C@@H](C)C3)nc12. The summed E-state index contributed by atoms with van der Waals surface area (Å²) in [4.78, 5) is 18.1. The van der Waals surface area contributed by atoms with Gasteiger partial charge in [-0.1, -0.05) is 0 Å². The minimum Gasteiger partial charge on any atom is -0.465 e. The molecule has 6 nitrogen and oxygen atoms in total. The van der Waals surface area contributed by atoms with Crippen LogP contribution in [-0.2, 0) is 0 Å². The summed E-state index contributed by atoms with van der Waals surface area (Å²) in [5.74, 6) is 0.426. The van der Waals surface area contributed by atoms with Crippen molar-refractivity contribution in [3.8, 4) is 0 Å². The van der Waals surface area contributed by atoms with Gasteiger partial charge in [0.1, 0.15) is 11.6 Å². The number of aryl methyl sites for hydroxylation is 1. The number of hydrogen-bond donors (Lipinski definition) is 3. The van der Waals surface area contributed by atoms with E-state index in [0.29, 0.717) is 16.9 Å². The third kappa shape index (κ3) is 3.58. The number of carbonyl (C=O) groups is 1. The van der Waals surface area contributed by atoms with Crippen LogP contribution in [0.15, 0.2) is 18.2 Å². The molecule has 0 unspecified atom stereocenters. The van der Waals surface area contributed by atoms with Gasteiger partial charge in [0.05, 0.1) is 11.6 Å². The van der Waals surface area contributed by atoms with Crippen LogP contribution in [0.3, 0.4) is 0 Å². The third-order valence-corrected chi connectivity index (χ3v) is 4.85. The summed E-state index contributed by atoms with van der Waals surface area (Å²) in [6.07, 6.45) is -1.08. The van der Waals surface area contributed by atoms with Gasteiger partial charge >= 0.3 is 6.09 Å². The van der Waals surface area contributed by atoms with Crippen LogP contribution < -0.4 is 15.5 Å². The molecule has 0 aliphatic carbocycles. The molecule has 1 fully saturated rings. The number of halogens is 1. The van der Waals surface area contributed by atoms with Crippen molar-refractivity contribution < 1.29 is 14.3 Å². The third-order valence-electron chi connectivity index (χ3n) is 4.85. The average molecular weight is 360 g/mol. The predicted octanol–water partition coefficient (Wildman–Crippen LogP) is 3.20. The molecule has 140 valence electrons. The van der Waals surface area contributed by atoms with Crippen molar-refractivity contribution in [2.75, 3.05) is 18.0 Å². The number of pyridine rings is 1. The molecule has 3 atom stereocenters. The standard InChI is InChI=1S/C19H25FN4O2/c1-10-8-24(9-11(2)21-10)18-15(13(4)22-19(25)26)7-14-5-6-16(20)12(3)17(14)23-18/h5-7,10-11,13,21-22H,8-9H2,1-4H3,(H,25,26)/t10-,11+,13-/m0/s1. The molecule has 3 N–H and O–H groups in total. The fourth-order valence-corrected chi connectivity index (χ4v) is 3.70. The molecule has 2 aromatic rings. The van der Waals surface area contributed by atoms with Crippen molar-refractivity contribution in [1.29, 1.82) is 0 Å². The number of aromatic nitrogens is 1. The van der Waals surface area contributed by atoms with E-state index in [-0.39, 0.29) is 17.9 Å². The van der Waals surface area contributed by atoms with E-state index in [1.807, 2.05) is 6.07 Å². The fraction of sp³-hybridized carbons (Fsp3) is 0.474. The second-order valence-electron chi connectivity index (χ2n) is 7.19. The molecular formula is C19H25FN4O2. The molecule has 0 radical (unpaired) electrons. The summed E-state index contributed by atoms with van der Waals surface area (Å²) in [6.45, 7) is 9.23. The number of hydrogen-bond acceptors (Lipinski definition) is 4. The van der Waals surface area contributed by atoms with Gasteiger partial charge in [-0.3, -0.25) is 0 Å². The number of piperazine rings is 1. The van der Waals surface area contributed by atoms with Crippen LogP contribution in [0.25, 0.3) is 10.9 Å². The number of rotatable bonds is 3. The molecule has 1 saturated heterocycles. The second kappa shape index (κ2) is 7.07. The highest BCUT2D eigenvalue weighted by Gasteiger charge is 2.26. The Morgan fingerprint density at radius 3 is 2.65 bits per heavy atom. The Balaban J connectivity index is 2.15. The molecule has 26 heavy (non-hydrogen) atoms. The normalized spacial score (nSPS) is 21.7. The molecular weight excluding hydrogens is 335 g/mol. The highest BCUT2D eigenvalue weighted by atomic mass is 19.1. The number of nitrogens with zero attached hydrogens (tertiary/aromatic N) is 2. The Labute approximate surface area is 152 Å². The van der Waals surface area contributed by atoms with Crippen LogP contribution in [-0.4, -0.2) is 41.4 Å². The first-order chi connectivity index (χ1) is 12.3. The van der Waals surface area contributed by atoms with Crippen molar-refractivity contribution in [2.45, 2.75) is 45.8 Å². The van der Waals surface area contributed by atoms with E-state index >= 15 is 0 Å². The van der Waals surface area contributed by atoms with E-state index in [2.05, 4.69) is 29.4 Å². The summed E-state index contributed by atoms with van der Waals surface area (Å²) >= 11 is 0. The van der Waals surface area contributed by atoms with Crippen molar-refractivity contribution in [3.05, 3.63) is 35.1 Å². The van der Waals surface area contributed by atoms with Crippen molar-refractivity contribution in [2.24, 2.45) is 0 Å². The lowest BCUT2D eigenvalue weighted by atomic mass is 10.0. The monoisotopic (exact) mass is 360 g/mol. The molecule has 1 aliphatic heterocycles. The molecule has 1 amide bonds. The largest absolute Gasteiger partial charge is 0.465 e. The van der Waals surface area contributed by atoms with Gasteiger partial charge in [0.25, 0.3) is 0 Å². The maximum Gasteiger partial charge on any atom is 0.405 e. The molecule has 0 spiro atoms. The summed E-state index contributed by atoms with van der Waals surface area (Å²) in [7, 11) is 0. The molecule has 0 saturated carbocycles. The van der Waals surface area contributed by atoms with E-state index in [1.165, 1.54) is 6.07 Å².